The molecule has 0 saturated heterocycles. The van der Waals surface area contributed by atoms with Crippen LogP contribution in [0.25, 0.3) is 0 Å². The maximum Gasteiger partial charge on any atom is 0.313 e. The fourth-order valence-electron chi connectivity index (χ4n) is 3.52. The zero-order chi connectivity index (χ0) is 22.6. The van der Waals surface area contributed by atoms with Gasteiger partial charge < -0.3 is 9.47 Å². The molecule has 10 heteroatoms. The van der Waals surface area contributed by atoms with Crippen molar-refractivity contribution in [2.45, 2.75) is 24.7 Å². The molecule has 0 aromatic heterocycles. The summed E-state index contributed by atoms with van der Waals surface area (Å²) in [6, 6.07) is 12.5. The first kappa shape index (κ1) is 22.6. The van der Waals surface area contributed by atoms with E-state index in [1.807, 2.05) is 0 Å². The number of nitrogens with one attached hydrogen (secondary N) is 2. The summed E-state index contributed by atoms with van der Waals surface area (Å²) in [6.07, 6.45) is 0.500. The van der Waals surface area contributed by atoms with Crippen LogP contribution < -0.4 is 14.9 Å². The Balaban J connectivity index is 1.73. The van der Waals surface area contributed by atoms with E-state index in [0.29, 0.717) is 11.4 Å². The van der Waals surface area contributed by atoms with Gasteiger partial charge in [0.15, 0.2) is 0 Å². The molecule has 2 aromatic carbocycles. The molecular weight excluding hydrogens is 424 g/mol. The highest BCUT2D eigenvalue weighted by atomic mass is 32.2. The van der Waals surface area contributed by atoms with Gasteiger partial charge in [0.1, 0.15) is 5.75 Å². The van der Waals surface area contributed by atoms with Crippen LogP contribution in [0.3, 0.4) is 0 Å². The molecule has 1 aliphatic rings. The molecule has 0 spiro atoms. The second kappa shape index (κ2) is 8.94. The highest BCUT2D eigenvalue weighted by Gasteiger charge is 2.64. The summed E-state index contributed by atoms with van der Waals surface area (Å²) in [5, 5.41) is 8.90. The first-order chi connectivity index (χ1) is 14.8. The number of carbonyl (C=O) groups excluding carboxylic acids is 2. The van der Waals surface area contributed by atoms with Crippen LogP contribution in [0.5, 0.6) is 5.75 Å². The van der Waals surface area contributed by atoms with Crippen molar-refractivity contribution in [3.05, 3.63) is 54.1 Å². The van der Waals surface area contributed by atoms with Crippen LogP contribution in [0.2, 0.25) is 0 Å². The van der Waals surface area contributed by atoms with Gasteiger partial charge in [0.05, 0.1) is 29.9 Å². The number of sulfonamides is 1. The van der Waals surface area contributed by atoms with Gasteiger partial charge in [-0.2, -0.15) is 0 Å². The lowest BCUT2D eigenvalue weighted by Gasteiger charge is -2.16. The summed E-state index contributed by atoms with van der Waals surface area (Å²) in [6.45, 7) is 1.86. The molecule has 1 saturated carbocycles. The van der Waals surface area contributed by atoms with E-state index in [1.54, 1.807) is 48.8 Å². The van der Waals surface area contributed by atoms with E-state index in [4.69, 9.17) is 14.7 Å². The summed E-state index contributed by atoms with van der Waals surface area (Å²) in [5.41, 5.74) is 1.64. The molecule has 31 heavy (non-hydrogen) atoms. The largest absolute Gasteiger partial charge is 0.497 e. The summed E-state index contributed by atoms with van der Waals surface area (Å²) in [5.74, 6) is -1.25. The molecular formula is C21H24N2O7S. The van der Waals surface area contributed by atoms with Crippen LogP contribution in [-0.2, 0) is 30.8 Å². The lowest BCUT2D eigenvalue weighted by molar-refractivity contribution is -0.152. The molecule has 3 rings (SSSR count). The highest BCUT2D eigenvalue weighted by Crippen LogP contribution is 2.55. The summed E-state index contributed by atoms with van der Waals surface area (Å²) < 4.78 is 37.8. The molecule has 1 amide bonds. The standard InChI is InChI=1S/C21H24N2O7S/c1-3-30-20(25)21(13-18(21)19(24)22-26)12-14-4-6-15(7-5-14)23-31(27,28)17-10-8-16(29-2)9-11-17/h4-11,18,23,26H,3,12-13H2,1-2H3,(H,22,24). The van der Waals surface area contributed by atoms with Gasteiger partial charge in [0.2, 0.25) is 5.91 Å². The number of rotatable bonds is 9. The monoisotopic (exact) mass is 448 g/mol. The number of anilines is 1. The van der Waals surface area contributed by atoms with Gasteiger partial charge in [-0.15, -0.1) is 0 Å². The zero-order valence-electron chi connectivity index (χ0n) is 17.1. The molecule has 1 aliphatic carbocycles. The van der Waals surface area contributed by atoms with E-state index >= 15 is 0 Å². The second-order valence-electron chi connectivity index (χ2n) is 7.26. The minimum Gasteiger partial charge on any atom is -0.497 e. The lowest BCUT2D eigenvalue weighted by Crippen LogP contribution is -2.30. The second-order valence-corrected chi connectivity index (χ2v) is 8.95. The Labute approximate surface area is 180 Å². The quantitative estimate of drug-likeness (QED) is 0.304. The van der Waals surface area contributed by atoms with Crippen LogP contribution in [0.1, 0.15) is 18.9 Å². The third kappa shape index (κ3) is 4.80. The van der Waals surface area contributed by atoms with Gasteiger partial charge in [-0.25, -0.2) is 13.9 Å². The number of benzene rings is 2. The number of hydrogen-bond donors (Lipinski definition) is 3. The van der Waals surface area contributed by atoms with Crippen LogP contribution in [-0.4, -0.2) is 39.2 Å². The summed E-state index contributed by atoms with van der Waals surface area (Å²) in [4.78, 5) is 24.3. The number of esters is 1. The van der Waals surface area contributed by atoms with Crippen LogP contribution >= 0.6 is 0 Å². The molecule has 166 valence electrons. The molecule has 2 aromatic rings. The van der Waals surface area contributed by atoms with E-state index in [9.17, 15) is 18.0 Å². The Morgan fingerprint density at radius 1 is 1.13 bits per heavy atom. The number of ether oxygens (including phenoxy) is 2. The normalized spacial score (nSPS) is 19.9. The molecule has 9 nitrogen and oxygen atoms in total. The Kier molecular flexibility index (Phi) is 6.51. The van der Waals surface area contributed by atoms with Crippen molar-refractivity contribution in [3.63, 3.8) is 0 Å². The number of carbonyl (C=O) groups is 2. The fourth-order valence-corrected chi connectivity index (χ4v) is 4.58. The predicted molar refractivity (Wildman–Crippen MR) is 111 cm³/mol. The van der Waals surface area contributed by atoms with Crippen molar-refractivity contribution in [3.8, 4) is 5.75 Å². The third-order valence-electron chi connectivity index (χ3n) is 5.28. The smallest absolute Gasteiger partial charge is 0.313 e. The first-order valence-electron chi connectivity index (χ1n) is 9.62. The van der Waals surface area contributed by atoms with Gasteiger partial charge in [-0.1, -0.05) is 12.1 Å². The lowest BCUT2D eigenvalue weighted by atomic mass is 9.93. The maximum atomic E-state index is 12.6. The van der Waals surface area contributed by atoms with Gasteiger partial charge in [0.25, 0.3) is 10.0 Å². The molecule has 3 N–H and O–H groups in total. The number of methoxy groups -OCH3 is 1. The van der Waals surface area contributed by atoms with Gasteiger partial charge in [-0.3, -0.25) is 19.5 Å². The van der Waals surface area contributed by atoms with Gasteiger partial charge in [-0.05, 0) is 61.7 Å². The van der Waals surface area contributed by atoms with Gasteiger partial charge in [0, 0.05) is 5.69 Å². The molecule has 2 unspecified atom stereocenters. The van der Waals surface area contributed by atoms with Gasteiger partial charge >= 0.3 is 5.97 Å². The molecule has 0 heterocycles. The first-order valence-corrected chi connectivity index (χ1v) is 11.1. The van der Waals surface area contributed by atoms with Crippen molar-refractivity contribution in [2.24, 2.45) is 11.3 Å². The summed E-state index contributed by atoms with van der Waals surface area (Å²) >= 11 is 0. The van der Waals surface area contributed by atoms with Crippen LogP contribution in [0.15, 0.2) is 53.4 Å². The van der Waals surface area contributed by atoms with E-state index in [1.165, 1.54) is 19.2 Å². The van der Waals surface area contributed by atoms with Crippen molar-refractivity contribution < 1.29 is 32.7 Å². The molecule has 1 fully saturated rings. The Morgan fingerprint density at radius 2 is 1.77 bits per heavy atom. The number of amides is 1. The highest BCUT2D eigenvalue weighted by molar-refractivity contribution is 7.92. The number of hydroxylamine groups is 1. The average molecular weight is 448 g/mol. The van der Waals surface area contributed by atoms with Crippen LogP contribution in [0.4, 0.5) is 5.69 Å². The van der Waals surface area contributed by atoms with E-state index in [0.717, 1.165) is 5.56 Å². The van der Waals surface area contributed by atoms with Crippen molar-refractivity contribution in [2.75, 3.05) is 18.4 Å². The van der Waals surface area contributed by atoms with E-state index in [-0.39, 0.29) is 24.3 Å². The predicted octanol–water partition coefficient (Wildman–Crippen LogP) is 2.11. The zero-order valence-corrected chi connectivity index (χ0v) is 17.9. The minimum absolute atomic E-state index is 0.0921. The molecule has 2 atom stereocenters. The molecule has 0 bridgehead atoms. The van der Waals surface area contributed by atoms with E-state index < -0.39 is 33.2 Å². The molecule has 0 radical (unpaired) electrons. The Bertz CT molecular complexity index is 1050. The number of hydrogen-bond acceptors (Lipinski definition) is 7. The Morgan fingerprint density at radius 3 is 2.32 bits per heavy atom. The molecule has 0 aliphatic heterocycles. The maximum absolute atomic E-state index is 12.6. The topological polar surface area (TPSA) is 131 Å². The fraction of sp³-hybridized carbons (Fsp3) is 0.333. The average Bonchev–Trinajstić information content (AvgIpc) is 3.50. The van der Waals surface area contributed by atoms with E-state index in [2.05, 4.69) is 4.72 Å². The van der Waals surface area contributed by atoms with Crippen LogP contribution in [0, 0.1) is 11.3 Å². The SMILES string of the molecule is CCOC(=O)C1(Cc2ccc(NS(=O)(=O)c3ccc(OC)cc3)cc2)CC1C(=O)NO. The van der Waals surface area contributed by atoms with Crippen molar-refractivity contribution in [1.82, 2.24) is 5.48 Å². The van der Waals surface area contributed by atoms with Crippen molar-refractivity contribution in [1.29, 1.82) is 0 Å². The van der Waals surface area contributed by atoms with Crippen molar-refractivity contribution >= 4 is 27.6 Å². The Hall–Kier alpha value is -3.11. The third-order valence-corrected chi connectivity index (χ3v) is 6.68. The summed E-state index contributed by atoms with van der Waals surface area (Å²) in [7, 11) is -2.28. The minimum atomic E-state index is -3.78.